The molecule has 1 amide bonds. The summed E-state index contributed by atoms with van der Waals surface area (Å²) in [4.78, 5) is 17.0. The van der Waals surface area contributed by atoms with Crippen LogP contribution in [-0.2, 0) is 0 Å². The van der Waals surface area contributed by atoms with Crippen molar-refractivity contribution in [2.24, 2.45) is 5.92 Å². The maximum Gasteiger partial charge on any atom is 0.255 e. The van der Waals surface area contributed by atoms with Crippen molar-refractivity contribution in [3.63, 3.8) is 0 Å². The van der Waals surface area contributed by atoms with Crippen LogP contribution in [0.15, 0.2) is 18.3 Å². The lowest BCUT2D eigenvalue weighted by atomic mass is 9.82. The zero-order valence-electron chi connectivity index (χ0n) is 9.64. The smallest absolute Gasteiger partial charge is 0.255 e. The van der Waals surface area contributed by atoms with Gasteiger partial charge in [-0.1, -0.05) is 0 Å². The van der Waals surface area contributed by atoms with Crippen LogP contribution < -0.4 is 0 Å². The third kappa shape index (κ3) is 2.79. The second-order valence-electron chi connectivity index (χ2n) is 4.55. The molecule has 92 valence electrons. The van der Waals surface area contributed by atoms with E-state index in [4.69, 9.17) is 5.11 Å². The Morgan fingerprint density at radius 2 is 2.29 bits per heavy atom. The molecule has 0 unspecified atom stereocenters. The summed E-state index contributed by atoms with van der Waals surface area (Å²) >= 11 is 0. The van der Waals surface area contributed by atoms with Crippen LogP contribution in [0.4, 0.5) is 4.39 Å². The van der Waals surface area contributed by atoms with Crippen molar-refractivity contribution >= 4 is 5.91 Å². The van der Waals surface area contributed by atoms with E-state index in [9.17, 15) is 9.18 Å². The van der Waals surface area contributed by atoms with Gasteiger partial charge in [0.25, 0.3) is 5.91 Å². The van der Waals surface area contributed by atoms with Crippen molar-refractivity contribution in [3.8, 4) is 0 Å². The van der Waals surface area contributed by atoms with E-state index in [0.717, 1.165) is 12.8 Å². The van der Waals surface area contributed by atoms with Crippen molar-refractivity contribution in [1.82, 2.24) is 9.88 Å². The van der Waals surface area contributed by atoms with Gasteiger partial charge in [-0.05, 0) is 30.9 Å². The third-order valence-electron chi connectivity index (χ3n) is 3.06. The number of hydrogen-bond donors (Lipinski definition) is 1. The first-order chi connectivity index (χ1) is 8.06. The van der Waals surface area contributed by atoms with E-state index < -0.39 is 5.95 Å². The number of aliphatic hydroxyl groups is 1. The maximum absolute atomic E-state index is 12.6. The van der Waals surface area contributed by atoms with Crippen molar-refractivity contribution in [2.75, 3.05) is 13.6 Å². The zero-order chi connectivity index (χ0) is 12.4. The van der Waals surface area contributed by atoms with Gasteiger partial charge < -0.3 is 10.0 Å². The normalized spacial score (nSPS) is 23.0. The molecule has 1 aromatic rings. The summed E-state index contributed by atoms with van der Waals surface area (Å²) in [5, 5.41) is 9.16. The number of hydrogen-bond acceptors (Lipinski definition) is 3. The summed E-state index contributed by atoms with van der Waals surface area (Å²) in [7, 11) is 1.70. The van der Waals surface area contributed by atoms with Gasteiger partial charge in [-0.2, -0.15) is 4.39 Å². The predicted molar refractivity (Wildman–Crippen MR) is 59.9 cm³/mol. The summed E-state index contributed by atoms with van der Waals surface area (Å²) in [5.41, 5.74) is 0.383. The number of amides is 1. The molecule has 2 rings (SSSR count). The quantitative estimate of drug-likeness (QED) is 0.801. The van der Waals surface area contributed by atoms with Gasteiger partial charge in [0.2, 0.25) is 5.95 Å². The minimum atomic E-state index is -0.591. The second kappa shape index (κ2) is 4.79. The molecule has 17 heavy (non-hydrogen) atoms. The minimum Gasteiger partial charge on any atom is -0.393 e. The van der Waals surface area contributed by atoms with E-state index >= 15 is 0 Å². The summed E-state index contributed by atoms with van der Waals surface area (Å²) in [5.74, 6) is -0.391. The molecule has 1 aliphatic rings. The zero-order valence-corrected chi connectivity index (χ0v) is 9.64. The Hall–Kier alpha value is -1.49. The molecule has 1 saturated carbocycles. The number of aliphatic hydroxyl groups excluding tert-OH is 1. The number of carbonyl (C=O) groups is 1. The molecule has 0 aromatic carbocycles. The van der Waals surface area contributed by atoms with Gasteiger partial charge >= 0.3 is 0 Å². The lowest BCUT2D eigenvalue weighted by Crippen LogP contribution is -2.39. The molecule has 1 fully saturated rings. The number of aromatic nitrogens is 1. The third-order valence-corrected chi connectivity index (χ3v) is 3.06. The van der Waals surface area contributed by atoms with Gasteiger partial charge in [-0.15, -0.1) is 0 Å². The molecule has 1 aromatic heterocycles. The molecule has 0 radical (unpaired) electrons. The number of nitrogens with zero attached hydrogens (tertiary/aromatic N) is 2. The van der Waals surface area contributed by atoms with Crippen LogP contribution in [0.5, 0.6) is 0 Å². The lowest BCUT2D eigenvalue weighted by molar-refractivity contribution is 0.0265. The largest absolute Gasteiger partial charge is 0.393 e. The molecule has 0 saturated heterocycles. The second-order valence-corrected chi connectivity index (χ2v) is 4.55. The van der Waals surface area contributed by atoms with E-state index in [-0.39, 0.29) is 12.0 Å². The molecule has 0 aliphatic heterocycles. The van der Waals surface area contributed by atoms with E-state index in [2.05, 4.69) is 4.98 Å². The first kappa shape index (κ1) is 12.0. The summed E-state index contributed by atoms with van der Waals surface area (Å²) in [6, 6.07) is 2.60. The van der Waals surface area contributed by atoms with Gasteiger partial charge in [0.1, 0.15) is 0 Å². The molecule has 1 heterocycles. The van der Waals surface area contributed by atoms with E-state index in [0.29, 0.717) is 18.0 Å². The van der Waals surface area contributed by atoms with Gasteiger partial charge in [0.05, 0.1) is 11.7 Å². The fraction of sp³-hybridized carbons (Fsp3) is 0.500. The average Bonchev–Trinajstić information content (AvgIpc) is 2.27. The highest BCUT2D eigenvalue weighted by Gasteiger charge is 2.29. The van der Waals surface area contributed by atoms with Crippen LogP contribution in [0, 0.1) is 11.9 Å². The summed E-state index contributed by atoms with van der Waals surface area (Å²) in [6.07, 6.45) is 2.53. The Balaban J connectivity index is 1.92. The molecule has 0 spiro atoms. The SMILES string of the molecule is CN(CC1CC(O)C1)C(=O)c1ccc(F)nc1. The fourth-order valence-corrected chi connectivity index (χ4v) is 2.04. The van der Waals surface area contributed by atoms with Crippen LogP contribution >= 0.6 is 0 Å². The van der Waals surface area contributed by atoms with Crippen LogP contribution in [0.3, 0.4) is 0 Å². The summed E-state index contributed by atoms with van der Waals surface area (Å²) in [6.45, 7) is 0.618. The molecule has 0 atom stereocenters. The van der Waals surface area contributed by atoms with Crippen LogP contribution in [-0.4, -0.2) is 40.6 Å². The Bertz CT molecular complexity index is 401. The highest BCUT2D eigenvalue weighted by atomic mass is 19.1. The van der Waals surface area contributed by atoms with Gasteiger partial charge in [-0.3, -0.25) is 4.79 Å². The van der Waals surface area contributed by atoms with Gasteiger partial charge in [-0.25, -0.2) is 4.98 Å². The Labute approximate surface area is 99.1 Å². The number of rotatable bonds is 3. The summed E-state index contributed by atoms with van der Waals surface area (Å²) < 4.78 is 12.6. The van der Waals surface area contributed by atoms with Crippen LogP contribution in [0.2, 0.25) is 0 Å². The number of carbonyl (C=O) groups excluding carboxylic acids is 1. The molecular formula is C12H15FN2O2. The first-order valence-electron chi connectivity index (χ1n) is 5.61. The molecule has 5 heteroatoms. The monoisotopic (exact) mass is 238 g/mol. The molecule has 0 bridgehead atoms. The first-order valence-corrected chi connectivity index (χ1v) is 5.61. The van der Waals surface area contributed by atoms with Crippen LogP contribution in [0.1, 0.15) is 23.2 Å². The van der Waals surface area contributed by atoms with Crippen LogP contribution in [0.25, 0.3) is 0 Å². The molecular weight excluding hydrogens is 223 g/mol. The Morgan fingerprint density at radius 1 is 1.59 bits per heavy atom. The van der Waals surface area contributed by atoms with Gasteiger partial charge in [0.15, 0.2) is 0 Å². The molecule has 1 aliphatic carbocycles. The number of pyridine rings is 1. The van der Waals surface area contributed by atoms with Crippen molar-refractivity contribution < 1.29 is 14.3 Å². The Morgan fingerprint density at radius 3 is 2.82 bits per heavy atom. The standard InChI is InChI=1S/C12H15FN2O2/c1-15(7-8-4-10(16)5-8)12(17)9-2-3-11(13)14-6-9/h2-3,6,8,10,16H,4-5,7H2,1H3. The lowest BCUT2D eigenvalue weighted by Gasteiger charge is -2.34. The maximum atomic E-state index is 12.6. The van der Waals surface area contributed by atoms with Gasteiger partial charge in [0, 0.05) is 19.8 Å². The van der Waals surface area contributed by atoms with E-state index in [1.807, 2.05) is 0 Å². The Kier molecular flexibility index (Phi) is 3.38. The van der Waals surface area contributed by atoms with E-state index in [1.165, 1.54) is 18.3 Å². The highest BCUT2D eigenvalue weighted by Crippen LogP contribution is 2.27. The minimum absolute atomic E-state index is 0.168. The van der Waals surface area contributed by atoms with Crippen molar-refractivity contribution in [3.05, 3.63) is 29.8 Å². The number of halogens is 1. The molecule has 1 N–H and O–H groups in total. The topological polar surface area (TPSA) is 53.4 Å². The van der Waals surface area contributed by atoms with Crippen molar-refractivity contribution in [2.45, 2.75) is 18.9 Å². The predicted octanol–water partition coefficient (Wildman–Crippen LogP) is 1.06. The van der Waals surface area contributed by atoms with Crippen molar-refractivity contribution in [1.29, 1.82) is 0 Å². The molecule has 4 nitrogen and oxygen atoms in total. The average molecular weight is 238 g/mol. The fourth-order valence-electron chi connectivity index (χ4n) is 2.04. The highest BCUT2D eigenvalue weighted by molar-refractivity contribution is 5.93. The van der Waals surface area contributed by atoms with E-state index in [1.54, 1.807) is 11.9 Å².